The lowest BCUT2D eigenvalue weighted by atomic mass is 9.80. The SMILES string of the molecule is CCNC(=O)c1cccc(NC2CCC(C)CC2C)c1. The minimum Gasteiger partial charge on any atom is -0.382 e. The summed E-state index contributed by atoms with van der Waals surface area (Å²) in [6.07, 6.45) is 3.79. The zero-order chi connectivity index (χ0) is 14.5. The molecule has 20 heavy (non-hydrogen) atoms. The van der Waals surface area contributed by atoms with Crippen molar-refractivity contribution in [3.63, 3.8) is 0 Å². The van der Waals surface area contributed by atoms with Crippen LogP contribution in [0.3, 0.4) is 0 Å². The minimum atomic E-state index is 0.00136. The molecule has 2 rings (SSSR count). The van der Waals surface area contributed by atoms with Crippen molar-refractivity contribution in [2.45, 2.75) is 46.1 Å². The minimum absolute atomic E-state index is 0.00136. The largest absolute Gasteiger partial charge is 0.382 e. The van der Waals surface area contributed by atoms with Gasteiger partial charge in [0, 0.05) is 23.8 Å². The van der Waals surface area contributed by atoms with E-state index in [0.29, 0.717) is 18.5 Å². The summed E-state index contributed by atoms with van der Waals surface area (Å²) < 4.78 is 0. The Labute approximate surface area is 122 Å². The van der Waals surface area contributed by atoms with Crippen molar-refractivity contribution < 1.29 is 4.79 Å². The zero-order valence-corrected chi connectivity index (χ0v) is 12.8. The van der Waals surface area contributed by atoms with Crippen molar-refractivity contribution in [2.75, 3.05) is 11.9 Å². The molecule has 0 bridgehead atoms. The summed E-state index contributed by atoms with van der Waals surface area (Å²) in [4.78, 5) is 11.9. The van der Waals surface area contributed by atoms with Gasteiger partial charge in [0.25, 0.3) is 5.91 Å². The van der Waals surface area contributed by atoms with Gasteiger partial charge in [-0.15, -0.1) is 0 Å². The molecule has 1 fully saturated rings. The molecule has 0 radical (unpaired) electrons. The molecule has 2 N–H and O–H groups in total. The smallest absolute Gasteiger partial charge is 0.251 e. The van der Waals surface area contributed by atoms with Gasteiger partial charge in [0.15, 0.2) is 0 Å². The Bertz CT molecular complexity index is 458. The van der Waals surface area contributed by atoms with E-state index in [-0.39, 0.29) is 5.91 Å². The van der Waals surface area contributed by atoms with Crippen LogP contribution in [0.5, 0.6) is 0 Å². The van der Waals surface area contributed by atoms with Crippen molar-refractivity contribution in [3.8, 4) is 0 Å². The maximum Gasteiger partial charge on any atom is 0.251 e. The van der Waals surface area contributed by atoms with Crippen LogP contribution in [0.4, 0.5) is 5.69 Å². The number of hydrogen-bond acceptors (Lipinski definition) is 2. The van der Waals surface area contributed by atoms with Crippen LogP contribution in [-0.4, -0.2) is 18.5 Å². The molecule has 3 unspecified atom stereocenters. The second kappa shape index (κ2) is 6.78. The maximum atomic E-state index is 11.9. The average Bonchev–Trinajstić information content (AvgIpc) is 2.43. The van der Waals surface area contributed by atoms with Crippen LogP contribution in [0.1, 0.15) is 50.4 Å². The predicted octanol–water partition coefficient (Wildman–Crippen LogP) is 3.67. The van der Waals surface area contributed by atoms with Crippen LogP contribution < -0.4 is 10.6 Å². The number of anilines is 1. The Balaban J connectivity index is 2.02. The molecule has 0 saturated heterocycles. The Hall–Kier alpha value is -1.51. The van der Waals surface area contributed by atoms with E-state index in [1.54, 1.807) is 0 Å². The fraction of sp³-hybridized carbons (Fsp3) is 0.588. The van der Waals surface area contributed by atoms with Gasteiger partial charge in [-0.25, -0.2) is 0 Å². The summed E-state index contributed by atoms with van der Waals surface area (Å²) >= 11 is 0. The summed E-state index contributed by atoms with van der Waals surface area (Å²) in [6, 6.07) is 8.34. The summed E-state index contributed by atoms with van der Waals surface area (Å²) in [5, 5.41) is 6.45. The predicted molar refractivity (Wildman–Crippen MR) is 84.0 cm³/mol. The van der Waals surface area contributed by atoms with E-state index in [9.17, 15) is 4.79 Å². The first-order valence-electron chi connectivity index (χ1n) is 7.75. The Morgan fingerprint density at radius 3 is 2.80 bits per heavy atom. The van der Waals surface area contributed by atoms with Crippen LogP contribution in [0.2, 0.25) is 0 Å². The van der Waals surface area contributed by atoms with Crippen molar-refractivity contribution in [3.05, 3.63) is 29.8 Å². The molecule has 3 atom stereocenters. The Morgan fingerprint density at radius 2 is 2.10 bits per heavy atom. The van der Waals surface area contributed by atoms with Gasteiger partial charge >= 0.3 is 0 Å². The summed E-state index contributed by atoms with van der Waals surface area (Å²) in [5.41, 5.74) is 1.79. The van der Waals surface area contributed by atoms with Crippen molar-refractivity contribution in [1.29, 1.82) is 0 Å². The molecule has 110 valence electrons. The maximum absolute atomic E-state index is 11.9. The van der Waals surface area contributed by atoms with Gasteiger partial charge in [0.05, 0.1) is 0 Å². The third-order valence-electron chi connectivity index (χ3n) is 4.25. The van der Waals surface area contributed by atoms with Gasteiger partial charge in [-0.05, 0) is 56.2 Å². The molecule has 1 saturated carbocycles. The lowest BCUT2D eigenvalue weighted by Gasteiger charge is -2.33. The van der Waals surface area contributed by atoms with Gasteiger partial charge in [0.1, 0.15) is 0 Å². The molecule has 1 aromatic rings. The number of carbonyl (C=O) groups is 1. The van der Waals surface area contributed by atoms with Gasteiger partial charge in [-0.2, -0.15) is 0 Å². The lowest BCUT2D eigenvalue weighted by Crippen LogP contribution is -2.33. The Morgan fingerprint density at radius 1 is 1.30 bits per heavy atom. The number of rotatable bonds is 4. The highest BCUT2D eigenvalue weighted by Crippen LogP contribution is 2.30. The van der Waals surface area contributed by atoms with Crippen molar-refractivity contribution >= 4 is 11.6 Å². The molecular formula is C17H26N2O. The van der Waals surface area contributed by atoms with Crippen molar-refractivity contribution in [2.24, 2.45) is 11.8 Å². The first-order valence-corrected chi connectivity index (χ1v) is 7.75. The van der Waals surface area contributed by atoms with Gasteiger partial charge < -0.3 is 10.6 Å². The molecule has 1 amide bonds. The fourth-order valence-electron chi connectivity index (χ4n) is 3.11. The number of hydrogen-bond donors (Lipinski definition) is 2. The molecule has 0 aliphatic heterocycles. The third kappa shape index (κ3) is 3.75. The Kier molecular flexibility index (Phi) is 5.05. The highest BCUT2D eigenvalue weighted by molar-refractivity contribution is 5.95. The van der Waals surface area contributed by atoms with E-state index in [2.05, 4.69) is 24.5 Å². The van der Waals surface area contributed by atoms with E-state index in [1.165, 1.54) is 19.3 Å². The fourth-order valence-corrected chi connectivity index (χ4v) is 3.11. The summed E-state index contributed by atoms with van der Waals surface area (Å²) in [5.74, 6) is 1.53. The molecule has 1 aliphatic carbocycles. The number of amides is 1. The number of carbonyl (C=O) groups excluding carboxylic acids is 1. The number of nitrogens with one attached hydrogen (secondary N) is 2. The van der Waals surface area contributed by atoms with E-state index >= 15 is 0 Å². The van der Waals surface area contributed by atoms with Gasteiger partial charge in [0.2, 0.25) is 0 Å². The molecule has 1 aromatic carbocycles. The average molecular weight is 274 g/mol. The van der Waals surface area contributed by atoms with Crippen LogP contribution in [0.15, 0.2) is 24.3 Å². The standard InChI is InChI=1S/C17H26N2O/c1-4-18-17(20)14-6-5-7-15(11-14)19-16-9-8-12(2)10-13(16)3/h5-7,11-13,16,19H,4,8-10H2,1-3H3,(H,18,20). The van der Waals surface area contributed by atoms with Crippen LogP contribution >= 0.6 is 0 Å². The van der Waals surface area contributed by atoms with E-state index in [4.69, 9.17) is 0 Å². The zero-order valence-electron chi connectivity index (χ0n) is 12.8. The van der Waals surface area contributed by atoms with Gasteiger partial charge in [-0.3, -0.25) is 4.79 Å². The second-order valence-electron chi connectivity index (χ2n) is 6.09. The van der Waals surface area contributed by atoms with E-state index in [1.807, 2.05) is 31.2 Å². The van der Waals surface area contributed by atoms with E-state index < -0.39 is 0 Å². The highest BCUT2D eigenvalue weighted by Gasteiger charge is 2.25. The van der Waals surface area contributed by atoms with Crippen LogP contribution in [-0.2, 0) is 0 Å². The lowest BCUT2D eigenvalue weighted by molar-refractivity contribution is 0.0956. The normalized spacial score (nSPS) is 26.1. The topological polar surface area (TPSA) is 41.1 Å². The first-order chi connectivity index (χ1) is 9.60. The number of benzene rings is 1. The molecular weight excluding hydrogens is 248 g/mol. The molecule has 0 aromatic heterocycles. The summed E-state index contributed by atoms with van der Waals surface area (Å²) in [7, 11) is 0. The third-order valence-corrected chi connectivity index (χ3v) is 4.25. The molecule has 0 heterocycles. The van der Waals surface area contributed by atoms with Crippen LogP contribution in [0.25, 0.3) is 0 Å². The molecule has 3 nitrogen and oxygen atoms in total. The monoisotopic (exact) mass is 274 g/mol. The molecule has 1 aliphatic rings. The second-order valence-corrected chi connectivity index (χ2v) is 6.09. The van der Waals surface area contributed by atoms with E-state index in [0.717, 1.165) is 17.2 Å². The summed E-state index contributed by atoms with van der Waals surface area (Å²) in [6.45, 7) is 7.25. The van der Waals surface area contributed by atoms with Crippen LogP contribution in [0, 0.1) is 11.8 Å². The van der Waals surface area contributed by atoms with Crippen molar-refractivity contribution in [1.82, 2.24) is 5.32 Å². The highest BCUT2D eigenvalue weighted by atomic mass is 16.1. The molecule has 0 spiro atoms. The quantitative estimate of drug-likeness (QED) is 0.879. The van der Waals surface area contributed by atoms with Gasteiger partial charge in [-0.1, -0.05) is 19.9 Å². The first kappa shape index (κ1) is 14.9. The molecule has 3 heteroatoms.